The molecule has 0 saturated carbocycles. The summed E-state index contributed by atoms with van der Waals surface area (Å²) in [5, 5.41) is 23.1. The number of rotatable bonds is 6. The van der Waals surface area contributed by atoms with Gasteiger partial charge in [0.25, 0.3) is 0 Å². The van der Waals surface area contributed by atoms with E-state index in [1.807, 2.05) is 13.8 Å². The van der Waals surface area contributed by atoms with Crippen molar-refractivity contribution in [2.45, 2.75) is 40.2 Å². The van der Waals surface area contributed by atoms with Crippen LogP contribution in [0.25, 0.3) is 0 Å². The van der Waals surface area contributed by atoms with Crippen LogP contribution in [0.15, 0.2) is 0 Å². The third-order valence-electron chi connectivity index (χ3n) is 3.32. The van der Waals surface area contributed by atoms with E-state index in [1.165, 1.54) is 0 Å². The Kier molecular flexibility index (Phi) is 5.60. The van der Waals surface area contributed by atoms with Crippen LogP contribution in [0.1, 0.15) is 34.6 Å². The number of carboxylic acids is 1. The summed E-state index contributed by atoms with van der Waals surface area (Å²) in [7, 11) is 0. The van der Waals surface area contributed by atoms with Crippen LogP contribution in [0.5, 0.6) is 0 Å². The lowest BCUT2D eigenvalue weighted by Gasteiger charge is -2.29. The second-order valence-electron chi connectivity index (χ2n) is 5.76. The van der Waals surface area contributed by atoms with E-state index in [-0.39, 0.29) is 12.0 Å². The normalized spacial score (nSPS) is 15.1. The first kappa shape index (κ1) is 16.7. The van der Waals surface area contributed by atoms with Crippen LogP contribution in [-0.2, 0) is 4.79 Å². The molecule has 106 valence electrons. The molecule has 0 spiro atoms. The van der Waals surface area contributed by atoms with Crippen LogP contribution in [0.4, 0.5) is 4.79 Å². The number of hydrogen-bond donors (Lipinski definition) is 4. The van der Waals surface area contributed by atoms with Crippen molar-refractivity contribution in [3.63, 3.8) is 0 Å². The molecule has 0 aromatic heterocycles. The molecule has 2 amide bonds. The molecular formula is C12H24N2O4. The Hall–Kier alpha value is -1.30. The van der Waals surface area contributed by atoms with Gasteiger partial charge in [0.2, 0.25) is 0 Å². The molecular weight excluding hydrogens is 236 g/mol. The van der Waals surface area contributed by atoms with Gasteiger partial charge in [-0.2, -0.15) is 0 Å². The van der Waals surface area contributed by atoms with Crippen LogP contribution < -0.4 is 10.6 Å². The summed E-state index contributed by atoms with van der Waals surface area (Å²) in [6.45, 7) is 9.47. The summed E-state index contributed by atoms with van der Waals surface area (Å²) in [4.78, 5) is 22.1. The van der Waals surface area contributed by atoms with E-state index in [9.17, 15) is 14.7 Å². The zero-order valence-electron chi connectivity index (χ0n) is 11.7. The minimum atomic E-state index is -1.95. The lowest BCUT2D eigenvalue weighted by molar-refractivity contribution is -0.155. The van der Waals surface area contributed by atoms with Crippen molar-refractivity contribution in [3.8, 4) is 0 Å². The summed E-state index contributed by atoms with van der Waals surface area (Å²) < 4.78 is 0. The van der Waals surface area contributed by atoms with Crippen molar-refractivity contribution in [2.24, 2.45) is 11.3 Å². The van der Waals surface area contributed by atoms with Gasteiger partial charge in [-0.05, 0) is 18.3 Å². The van der Waals surface area contributed by atoms with Gasteiger partial charge in [0, 0.05) is 6.54 Å². The van der Waals surface area contributed by atoms with Gasteiger partial charge < -0.3 is 20.8 Å². The number of nitrogens with one attached hydrogen (secondary N) is 2. The Morgan fingerprint density at radius 1 is 1.11 bits per heavy atom. The minimum absolute atomic E-state index is 0.0490. The van der Waals surface area contributed by atoms with Crippen molar-refractivity contribution in [3.05, 3.63) is 0 Å². The second kappa shape index (κ2) is 6.04. The van der Waals surface area contributed by atoms with Crippen molar-refractivity contribution >= 4 is 12.0 Å². The lowest BCUT2D eigenvalue weighted by atomic mass is 9.81. The molecule has 0 heterocycles. The molecule has 0 aliphatic carbocycles. The Morgan fingerprint density at radius 2 is 1.56 bits per heavy atom. The van der Waals surface area contributed by atoms with E-state index >= 15 is 0 Å². The van der Waals surface area contributed by atoms with Gasteiger partial charge in [0.05, 0.1) is 6.54 Å². The van der Waals surface area contributed by atoms with Gasteiger partial charge in [0.15, 0.2) is 5.60 Å². The van der Waals surface area contributed by atoms with Crippen LogP contribution >= 0.6 is 0 Å². The topological polar surface area (TPSA) is 98.7 Å². The fraction of sp³-hybridized carbons (Fsp3) is 0.833. The Bertz CT molecular complexity index is 311. The van der Waals surface area contributed by atoms with Gasteiger partial charge in [-0.15, -0.1) is 0 Å². The molecule has 18 heavy (non-hydrogen) atoms. The van der Waals surface area contributed by atoms with E-state index in [4.69, 9.17) is 5.11 Å². The molecule has 6 heteroatoms. The molecule has 0 fully saturated rings. The number of urea groups is 1. The molecule has 0 aromatic rings. The first-order chi connectivity index (χ1) is 7.99. The largest absolute Gasteiger partial charge is 0.479 e. The Morgan fingerprint density at radius 3 is 1.94 bits per heavy atom. The fourth-order valence-corrected chi connectivity index (χ4v) is 0.903. The molecule has 0 radical (unpaired) electrons. The molecule has 1 atom stereocenters. The van der Waals surface area contributed by atoms with E-state index in [0.717, 1.165) is 6.92 Å². The number of carbonyl (C=O) groups is 2. The van der Waals surface area contributed by atoms with Crippen LogP contribution in [0.2, 0.25) is 0 Å². The molecule has 4 N–H and O–H groups in total. The average Bonchev–Trinajstić information content (AvgIpc) is 2.23. The van der Waals surface area contributed by atoms with E-state index < -0.39 is 17.6 Å². The number of aliphatic hydroxyl groups is 1. The highest BCUT2D eigenvalue weighted by Crippen LogP contribution is 2.24. The highest BCUT2D eigenvalue weighted by molar-refractivity contribution is 5.79. The number of hydrogen-bond acceptors (Lipinski definition) is 3. The second-order valence-corrected chi connectivity index (χ2v) is 5.76. The predicted molar refractivity (Wildman–Crippen MR) is 68.3 cm³/mol. The van der Waals surface area contributed by atoms with Crippen molar-refractivity contribution < 1.29 is 19.8 Å². The van der Waals surface area contributed by atoms with Crippen molar-refractivity contribution in [1.82, 2.24) is 10.6 Å². The first-order valence-corrected chi connectivity index (χ1v) is 5.96. The fourth-order valence-electron chi connectivity index (χ4n) is 0.903. The average molecular weight is 260 g/mol. The highest BCUT2D eigenvalue weighted by atomic mass is 16.4. The first-order valence-electron chi connectivity index (χ1n) is 5.96. The molecule has 0 aliphatic rings. The standard InChI is InChI=1S/C12H24N2O4/c1-8(2)11(3,4)6-13-10(17)14-7-12(5,18)9(15)16/h8,18H,6-7H2,1-5H3,(H,15,16)(H2,13,14,17). The minimum Gasteiger partial charge on any atom is -0.479 e. The number of amides is 2. The monoisotopic (exact) mass is 260 g/mol. The van der Waals surface area contributed by atoms with E-state index in [0.29, 0.717) is 12.5 Å². The van der Waals surface area contributed by atoms with E-state index in [2.05, 4.69) is 24.5 Å². The summed E-state index contributed by atoms with van der Waals surface area (Å²) in [5.74, 6) is -0.967. The number of aliphatic carboxylic acids is 1. The van der Waals surface area contributed by atoms with Gasteiger partial charge in [-0.3, -0.25) is 0 Å². The predicted octanol–water partition coefficient (Wildman–Crippen LogP) is 0.803. The van der Waals surface area contributed by atoms with Crippen molar-refractivity contribution in [2.75, 3.05) is 13.1 Å². The molecule has 0 bridgehead atoms. The van der Waals surface area contributed by atoms with Gasteiger partial charge in [-0.1, -0.05) is 27.7 Å². The van der Waals surface area contributed by atoms with Gasteiger partial charge >= 0.3 is 12.0 Å². The molecule has 0 rings (SSSR count). The molecule has 0 aromatic carbocycles. The van der Waals surface area contributed by atoms with Crippen LogP contribution in [-0.4, -0.2) is 40.9 Å². The zero-order chi connectivity index (χ0) is 14.6. The Labute approximate surface area is 108 Å². The third-order valence-corrected chi connectivity index (χ3v) is 3.32. The summed E-state index contributed by atoms with van der Waals surface area (Å²) in [5.41, 5.74) is -2.00. The quantitative estimate of drug-likeness (QED) is 0.568. The maximum absolute atomic E-state index is 11.5. The number of carbonyl (C=O) groups excluding carboxylic acids is 1. The molecule has 0 saturated heterocycles. The van der Waals surface area contributed by atoms with Gasteiger partial charge in [0.1, 0.15) is 0 Å². The summed E-state index contributed by atoms with van der Waals surface area (Å²) >= 11 is 0. The zero-order valence-corrected chi connectivity index (χ0v) is 11.7. The van der Waals surface area contributed by atoms with E-state index in [1.54, 1.807) is 0 Å². The summed E-state index contributed by atoms with van der Waals surface area (Å²) in [6, 6.07) is -0.481. The van der Waals surface area contributed by atoms with Gasteiger partial charge in [-0.25, -0.2) is 9.59 Å². The van der Waals surface area contributed by atoms with Crippen LogP contribution in [0.3, 0.4) is 0 Å². The maximum Gasteiger partial charge on any atom is 0.337 e. The Balaban J connectivity index is 4.12. The highest BCUT2D eigenvalue weighted by Gasteiger charge is 2.30. The smallest absolute Gasteiger partial charge is 0.337 e. The summed E-state index contributed by atoms with van der Waals surface area (Å²) in [6.07, 6.45) is 0. The molecule has 6 nitrogen and oxygen atoms in total. The SMILES string of the molecule is CC(C)C(C)(C)CNC(=O)NCC(C)(O)C(=O)O. The maximum atomic E-state index is 11.5. The number of carboxylic acid groups (broad SMARTS) is 1. The van der Waals surface area contributed by atoms with Crippen LogP contribution in [0, 0.1) is 11.3 Å². The molecule has 1 unspecified atom stereocenters. The third kappa shape index (κ3) is 5.35. The molecule has 0 aliphatic heterocycles. The lowest BCUT2D eigenvalue weighted by Crippen LogP contribution is -2.50. The van der Waals surface area contributed by atoms with Crippen molar-refractivity contribution in [1.29, 1.82) is 0 Å².